The van der Waals surface area contributed by atoms with Crippen molar-refractivity contribution in [2.24, 2.45) is 0 Å². The zero-order chi connectivity index (χ0) is 16.4. The molecule has 0 aliphatic carbocycles. The lowest BCUT2D eigenvalue weighted by molar-refractivity contribution is -0.136. The number of hydrogen-bond acceptors (Lipinski definition) is 7. The van der Waals surface area contributed by atoms with Crippen molar-refractivity contribution in [3.8, 4) is 5.75 Å². The minimum atomic E-state index is -0.449. The maximum Gasteiger partial charge on any atom is 0.338 e. The molecule has 0 saturated heterocycles. The Labute approximate surface area is 133 Å². The summed E-state index contributed by atoms with van der Waals surface area (Å²) in [5.41, 5.74) is 2.12. The van der Waals surface area contributed by atoms with E-state index >= 15 is 0 Å². The maximum absolute atomic E-state index is 12.3. The molecule has 2 aromatic rings. The molecule has 0 fully saturated rings. The number of fused-ring (bicyclic) bond motifs is 1. The van der Waals surface area contributed by atoms with Crippen LogP contribution in [0.4, 0.5) is 5.95 Å². The first kappa shape index (κ1) is 15.0. The molecule has 0 bridgehead atoms. The van der Waals surface area contributed by atoms with E-state index in [2.05, 4.69) is 20.8 Å². The van der Waals surface area contributed by atoms with Crippen LogP contribution >= 0.6 is 0 Å². The molecular formula is C15H17N5O3. The monoisotopic (exact) mass is 315 g/mol. The molecule has 8 nitrogen and oxygen atoms in total. The van der Waals surface area contributed by atoms with E-state index in [1.165, 1.54) is 7.11 Å². The van der Waals surface area contributed by atoms with Gasteiger partial charge in [-0.2, -0.15) is 4.68 Å². The van der Waals surface area contributed by atoms with E-state index in [9.17, 15) is 4.79 Å². The molecule has 8 heteroatoms. The highest BCUT2D eigenvalue weighted by Gasteiger charge is 2.35. The fourth-order valence-electron chi connectivity index (χ4n) is 2.66. The Morgan fingerprint density at radius 3 is 2.65 bits per heavy atom. The number of carbonyl (C=O) groups is 1. The summed E-state index contributed by atoms with van der Waals surface area (Å²) in [6.07, 6.45) is 0.629. The molecule has 1 aliphatic rings. The first-order valence-corrected chi connectivity index (χ1v) is 7.19. The number of allylic oxidation sites excluding steroid dienone is 1. The van der Waals surface area contributed by atoms with Crippen molar-refractivity contribution in [1.29, 1.82) is 0 Å². The summed E-state index contributed by atoms with van der Waals surface area (Å²) in [6, 6.07) is 6.99. The van der Waals surface area contributed by atoms with Gasteiger partial charge in [-0.15, -0.1) is 0 Å². The van der Waals surface area contributed by atoms with Gasteiger partial charge in [0.1, 0.15) is 11.8 Å². The van der Waals surface area contributed by atoms with Gasteiger partial charge in [0.05, 0.1) is 19.8 Å². The molecule has 0 radical (unpaired) electrons. The molecule has 0 unspecified atom stereocenters. The van der Waals surface area contributed by atoms with Gasteiger partial charge >= 0.3 is 5.97 Å². The Balaban J connectivity index is 2.15. The van der Waals surface area contributed by atoms with Gasteiger partial charge in [-0.3, -0.25) is 0 Å². The third-order valence-corrected chi connectivity index (χ3v) is 3.79. The number of methoxy groups -OCH3 is 2. The second kappa shape index (κ2) is 6.07. The van der Waals surface area contributed by atoms with Crippen LogP contribution in [-0.2, 0) is 9.53 Å². The van der Waals surface area contributed by atoms with Crippen molar-refractivity contribution in [1.82, 2.24) is 20.2 Å². The van der Waals surface area contributed by atoms with Crippen molar-refractivity contribution < 1.29 is 14.3 Å². The normalized spacial score (nSPS) is 16.6. The lowest BCUT2D eigenvalue weighted by Gasteiger charge is -2.28. The number of ether oxygens (including phenoxy) is 2. The third-order valence-electron chi connectivity index (χ3n) is 3.79. The van der Waals surface area contributed by atoms with Gasteiger partial charge < -0.3 is 14.8 Å². The second-order valence-corrected chi connectivity index (χ2v) is 4.99. The Kier molecular flexibility index (Phi) is 3.96. The summed E-state index contributed by atoms with van der Waals surface area (Å²) >= 11 is 0. The van der Waals surface area contributed by atoms with E-state index in [1.807, 2.05) is 31.2 Å². The number of hydrogen-bond donors (Lipinski definition) is 1. The highest BCUT2D eigenvalue weighted by molar-refractivity contribution is 5.92. The van der Waals surface area contributed by atoms with Gasteiger partial charge in [0.2, 0.25) is 5.95 Å². The number of anilines is 1. The zero-order valence-electron chi connectivity index (χ0n) is 13.1. The van der Waals surface area contributed by atoms with Crippen LogP contribution in [0.1, 0.15) is 24.9 Å². The van der Waals surface area contributed by atoms with Crippen molar-refractivity contribution in [2.75, 3.05) is 19.5 Å². The van der Waals surface area contributed by atoms with Gasteiger partial charge in [-0.25, -0.2) is 4.79 Å². The highest BCUT2D eigenvalue weighted by Crippen LogP contribution is 2.36. The summed E-state index contributed by atoms with van der Waals surface area (Å²) in [5, 5.41) is 14.8. The van der Waals surface area contributed by atoms with E-state index in [0.717, 1.165) is 17.0 Å². The number of esters is 1. The first-order valence-electron chi connectivity index (χ1n) is 7.19. The average Bonchev–Trinajstić information content (AvgIpc) is 3.07. The van der Waals surface area contributed by atoms with Gasteiger partial charge in [0.15, 0.2) is 0 Å². The number of nitrogens with one attached hydrogen (secondary N) is 1. The van der Waals surface area contributed by atoms with Gasteiger partial charge in [0, 0.05) is 5.70 Å². The van der Waals surface area contributed by atoms with Crippen LogP contribution in [0.5, 0.6) is 5.75 Å². The molecule has 23 heavy (non-hydrogen) atoms. The van der Waals surface area contributed by atoms with Crippen LogP contribution in [0.25, 0.3) is 0 Å². The van der Waals surface area contributed by atoms with Gasteiger partial charge in [0.25, 0.3) is 0 Å². The van der Waals surface area contributed by atoms with Crippen LogP contribution < -0.4 is 10.1 Å². The number of nitrogens with zero attached hydrogens (tertiary/aromatic N) is 4. The predicted octanol–water partition coefficient (Wildman–Crippen LogP) is 1.53. The predicted molar refractivity (Wildman–Crippen MR) is 81.9 cm³/mol. The molecular weight excluding hydrogens is 298 g/mol. The average molecular weight is 315 g/mol. The Bertz CT molecular complexity index is 751. The SMILES string of the molecule is CCC1=C(C(=O)OC)[C@H](c2ccc(OC)cc2)n2nnnc2N1. The minimum absolute atomic E-state index is 0.406. The van der Waals surface area contributed by atoms with Gasteiger partial charge in [-0.05, 0) is 34.5 Å². The molecule has 1 aliphatic heterocycles. The van der Waals surface area contributed by atoms with E-state index < -0.39 is 12.0 Å². The van der Waals surface area contributed by atoms with Crippen molar-refractivity contribution in [2.45, 2.75) is 19.4 Å². The highest BCUT2D eigenvalue weighted by atomic mass is 16.5. The van der Waals surface area contributed by atoms with Crippen LogP contribution in [0.2, 0.25) is 0 Å². The maximum atomic E-state index is 12.3. The van der Waals surface area contributed by atoms with Gasteiger partial charge in [-0.1, -0.05) is 24.2 Å². The summed E-state index contributed by atoms with van der Waals surface area (Å²) < 4.78 is 11.7. The lowest BCUT2D eigenvalue weighted by atomic mass is 9.94. The molecule has 3 rings (SSSR count). The minimum Gasteiger partial charge on any atom is -0.497 e. The molecule has 0 spiro atoms. The number of aromatic nitrogens is 4. The molecule has 0 saturated carbocycles. The van der Waals surface area contributed by atoms with Crippen LogP contribution in [0.3, 0.4) is 0 Å². The Morgan fingerprint density at radius 2 is 2.04 bits per heavy atom. The van der Waals surface area contributed by atoms with Crippen LogP contribution in [0.15, 0.2) is 35.5 Å². The summed E-state index contributed by atoms with van der Waals surface area (Å²) in [4.78, 5) is 12.3. The number of benzene rings is 1. The summed E-state index contributed by atoms with van der Waals surface area (Å²) in [5.74, 6) is 0.825. The van der Waals surface area contributed by atoms with Crippen LogP contribution in [-0.4, -0.2) is 40.4 Å². The zero-order valence-corrected chi connectivity index (χ0v) is 13.1. The third kappa shape index (κ3) is 2.52. The van der Waals surface area contributed by atoms with Crippen molar-refractivity contribution >= 4 is 11.9 Å². The van der Waals surface area contributed by atoms with E-state index in [0.29, 0.717) is 17.9 Å². The Hall–Kier alpha value is -2.90. The summed E-state index contributed by atoms with van der Waals surface area (Å²) in [7, 11) is 2.97. The van der Waals surface area contributed by atoms with Crippen LogP contribution in [0, 0.1) is 0 Å². The summed E-state index contributed by atoms with van der Waals surface area (Å²) in [6.45, 7) is 1.95. The second-order valence-electron chi connectivity index (χ2n) is 4.99. The fraction of sp³-hybridized carbons (Fsp3) is 0.333. The quantitative estimate of drug-likeness (QED) is 0.855. The standard InChI is InChI=1S/C15H17N5O3/c1-4-11-12(14(21)23-3)13(20-15(16-11)17-18-19-20)9-5-7-10(22-2)8-6-9/h5-8,13H,4H2,1-3H3,(H,16,17,19)/t13-/m0/s1. The van der Waals surface area contributed by atoms with E-state index in [1.54, 1.807) is 11.8 Å². The smallest absolute Gasteiger partial charge is 0.338 e. The molecule has 1 aromatic heterocycles. The fourth-order valence-corrected chi connectivity index (χ4v) is 2.66. The number of tetrazole rings is 1. The first-order chi connectivity index (χ1) is 11.2. The molecule has 120 valence electrons. The molecule has 2 heterocycles. The molecule has 1 atom stereocenters. The molecule has 0 amide bonds. The van der Waals surface area contributed by atoms with E-state index in [-0.39, 0.29) is 0 Å². The topological polar surface area (TPSA) is 91.2 Å². The molecule has 1 aromatic carbocycles. The number of carbonyl (C=O) groups excluding carboxylic acids is 1. The van der Waals surface area contributed by atoms with Crippen molar-refractivity contribution in [3.05, 3.63) is 41.1 Å². The molecule has 1 N–H and O–H groups in total. The number of rotatable bonds is 4. The Morgan fingerprint density at radius 1 is 1.30 bits per heavy atom. The van der Waals surface area contributed by atoms with E-state index in [4.69, 9.17) is 9.47 Å². The largest absolute Gasteiger partial charge is 0.497 e. The van der Waals surface area contributed by atoms with Crippen molar-refractivity contribution in [3.63, 3.8) is 0 Å². The lowest BCUT2D eigenvalue weighted by Crippen LogP contribution is -2.30.